The van der Waals surface area contributed by atoms with Crippen LogP contribution in [0.2, 0.25) is 0 Å². The van der Waals surface area contributed by atoms with Gasteiger partial charge < -0.3 is 4.42 Å². The molecule has 0 amide bonds. The molecule has 0 saturated heterocycles. The van der Waals surface area contributed by atoms with Gasteiger partial charge in [-0.15, -0.1) is 11.3 Å². The Labute approximate surface area is 304 Å². The number of rotatable bonds is 4. The van der Waals surface area contributed by atoms with E-state index >= 15 is 0 Å². The minimum Gasteiger partial charge on any atom is -0.455 e. The zero-order valence-electron chi connectivity index (χ0n) is 28.1. The van der Waals surface area contributed by atoms with Gasteiger partial charge in [-0.1, -0.05) is 170 Å². The summed E-state index contributed by atoms with van der Waals surface area (Å²) in [4.78, 5) is 1.26. The molecule has 0 unspecified atom stereocenters. The minimum atomic E-state index is 0.905. The van der Waals surface area contributed by atoms with Crippen LogP contribution in [0.1, 0.15) is 0 Å². The third-order valence-electron chi connectivity index (χ3n) is 10.7. The van der Waals surface area contributed by atoms with Crippen LogP contribution in [-0.4, -0.2) is 0 Å². The Bertz CT molecular complexity index is 3100. The molecule has 0 N–H and O–H groups in total. The number of hydrogen-bond donors (Lipinski definition) is 0. The molecule has 11 rings (SSSR count). The summed E-state index contributed by atoms with van der Waals surface area (Å²) in [7, 11) is 0. The van der Waals surface area contributed by atoms with Gasteiger partial charge in [0.2, 0.25) is 0 Å². The van der Waals surface area contributed by atoms with E-state index in [-0.39, 0.29) is 0 Å². The van der Waals surface area contributed by atoms with Crippen LogP contribution < -0.4 is 0 Å². The predicted molar refractivity (Wildman–Crippen MR) is 223 cm³/mol. The van der Waals surface area contributed by atoms with Crippen LogP contribution in [0.3, 0.4) is 0 Å². The van der Waals surface area contributed by atoms with Crippen LogP contribution in [0.4, 0.5) is 0 Å². The highest BCUT2D eigenvalue weighted by Crippen LogP contribution is 2.51. The first-order chi connectivity index (χ1) is 25.8. The molecule has 11 aromatic rings. The van der Waals surface area contributed by atoms with Crippen LogP contribution >= 0.6 is 11.3 Å². The van der Waals surface area contributed by atoms with Crippen molar-refractivity contribution in [2.75, 3.05) is 0 Å². The van der Waals surface area contributed by atoms with E-state index in [1.54, 1.807) is 0 Å². The molecule has 1 nitrogen and oxygen atoms in total. The van der Waals surface area contributed by atoms with Gasteiger partial charge in [-0.2, -0.15) is 0 Å². The molecule has 242 valence electrons. The Morgan fingerprint density at radius 1 is 0.346 bits per heavy atom. The molecule has 52 heavy (non-hydrogen) atoms. The van der Waals surface area contributed by atoms with Crippen LogP contribution in [-0.2, 0) is 0 Å². The Hall–Kier alpha value is -6.48. The number of benzene rings is 9. The molecular formula is C50H30OS. The Kier molecular flexibility index (Phi) is 6.49. The average Bonchev–Trinajstić information content (AvgIpc) is 3.80. The zero-order chi connectivity index (χ0) is 34.2. The van der Waals surface area contributed by atoms with E-state index in [9.17, 15) is 0 Å². The van der Waals surface area contributed by atoms with Crippen LogP contribution in [0.15, 0.2) is 186 Å². The lowest BCUT2D eigenvalue weighted by atomic mass is 9.84. The number of fused-ring (bicyclic) bond motifs is 8. The largest absolute Gasteiger partial charge is 0.455 e. The van der Waals surface area contributed by atoms with Gasteiger partial charge in [0.05, 0.1) is 4.70 Å². The molecule has 0 bridgehead atoms. The molecule has 0 spiro atoms. The highest BCUT2D eigenvalue weighted by atomic mass is 32.1. The van der Waals surface area contributed by atoms with Crippen molar-refractivity contribution in [3.05, 3.63) is 182 Å². The average molecular weight is 679 g/mol. The maximum Gasteiger partial charge on any atom is 0.153 e. The summed E-state index contributed by atoms with van der Waals surface area (Å²) in [5, 5.41) is 11.0. The van der Waals surface area contributed by atoms with Crippen molar-refractivity contribution >= 4 is 75.7 Å². The second-order valence-corrected chi connectivity index (χ2v) is 14.5. The first-order valence-electron chi connectivity index (χ1n) is 17.8. The maximum absolute atomic E-state index is 6.94. The van der Waals surface area contributed by atoms with Crippen molar-refractivity contribution in [3.63, 3.8) is 0 Å². The minimum absolute atomic E-state index is 0.905. The van der Waals surface area contributed by atoms with Gasteiger partial charge in [0.25, 0.3) is 0 Å². The van der Waals surface area contributed by atoms with Gasteiger partial charge in [0, 0.05) is 26.6 Å². The number of hydrogen-bond acceptors (Lipinski definition) is 2. The Balaban J connectivity index is 1.23. The third kappa shape index (κ3) is 4.28. The molecule has 0 aliphatic heterocycles. The fourth-order valence-corrected chi connectivity index (χ4v) is 9.80. The normalized spacial score (nSPS) is 11.8. The summed E-state index contributed by atoms with van der Waals surface area (Å²) in [5.74, 6) is 0. The molecule has 2 heteroatoms. The van der Waals surface area contributed by atoms with Crippen molar-refractivity contribution in [3.8, 4) is 43.8 Å². The molecule has 2 heterocycles. The van der Waals surface area contributed by atoms with Gasteiger partial charge in [-0.25, -0.2) is 0 Å². The molecule has 0 radical (unpaired) electrons. The third-order valence-corrected chi connectivity index (χ3v) is 11.9. The van der Waals surface area contributed by atoms with Gasteiger partial charge >= 0.3 is 0 Å². The van der Waals surface area contributed by atoms with Gasteiger partial charge in [-0.05, 0) is 77.8 Å². The Morgan fingerprint density at radius 3 is 1.56 bits per heavy atom. The first-order valence-corrected chi connectivity index (χ1v) is 18.6. The van der Waals surface area contributed by atoms with Gasteiger partial charge in [0.1, 0.15) is 5.58 Å². The van der Waals surface area contributed by atoms with E-state index in [2.05, 4.69) is 182 Å². The SMILES string of the molecule is c1ccc(-c2sc3c(ccc4c3oc3cccc(-c5c6ccccc6c(-c6cccc7ccccc67)c6ccccc56)c34)c2-c2ccccc2)cc1. The van der Waals surface area contributed by atoms with E-state index in [4.69, 9.17) is 4.42 Å². The molecule has 0 fully saturated rings. The van der Waals surface area contributed by atoms with Crippen molar-refractivity contribution < 1.29 is 4.42 Å². The Morgan fingerprint density at radius 2 is 0.865 bits per heavy atom. The lowest BCUT2D eigenvalue weighted by Crippen LogP contribution is -1.92. The lowest BCUT2D eigenvalue weighted by molar-refractivity contribution is 0.673. The molecule has 0 atom stereocenters. The van der Waals surface area contributed by atoms with E-state index in [0.29, 0.717) is 0 Å². The number of furan rings is 1. The monoisotopic (exact) mass is 678 g/mol. The summed E-state index contributed by atoms with van der Waals surface area (Å²) in [6.45, 7) is 0. The van der Waals surface area contributed by atoms with Crippen molar-refractivity contribution in [1.82, 2.24) is 0 Å². The van der Waals surface area contributed by atoms with Crippen molar-refractivity contribution in [2.24, 2.45) is 0 Å². The fraction of sp³-hybridized carbons (Fsp3) is 0. The lowest BCUT2D eigenvalue weighted by Gasteiger charge is -2.19. The fourth-order valence-electron chi connectivity index (χ4n) is 8.48. The van der Waals surface area contributed by atoms with Gasteiger partial charge in [0.15, 0.2) is 5.58 Å². The highest BCUT2D eigenvalue weighted by molar-refractivity contribution is 7.24. The van der Waals surface area contributed by atoms with Crippen molar-refractivity contribution in [1.29, 1.82) is 0 Å². The molecule has 0 aliphatic rings. The summed E-state index contributed by atoms with van der Waals surface area (Å²) in [6.07, 6.45) is 0. The van der Waals surface area contributed by atoms with E-state index < -0.39 is 0 Å². The molecular weight excluding hydrogens is 649 g/mol. The van der Waals surface area contributed by atoms with Crippen LogP contribution in [0, 0.1) is 0 Å². The smallest absolute Gasteiger partial charge is 0.153 e. The van der Waals surface area contributed by atoms with E-state index in [0.717, 1.165) is 21.9 Å². The van der Waals surface area contributed by atoms with E-state index in [1.807, 2.05) is 11.3 Å². The summed E-state index contributed by atoms with van der Waals surface area (Å²) < 4.78 is 8.12. The van der Waals surface area contributed by atoms with Crippen LogP contribution in [0.25, 0.3) is 108 Å². The van der Waals surface area contributed by atoms with Crippen LogP contribution in [0.5, 0.6) is 0 Å². The summed E-state index contributed by atoms with van der Waals surface area (Å²) >= 11 is 1.83. The molecule has 2 aromatic heterocycles. The molecule has 0 aliphatic carbocycles. The molecule has 9 aromatic carbocycles. The van der Waals surface area contributed by atoms with Gasteiger partial charge in [-0.3, -0.25) is 0 Å². The number of thiophene rings is 1. The zero-order valence-corrected chi connectivity index (χ0v) is 29.0. The standard InChI is InChI=1S/C50H30OS/c1-3-16-32(17-4-1)44-42-30-29-41-47-40(27-14-28-43(47)51-48(41)50(42)52-49(44)33-18-5-2-6-19-33)46-38-24-11-9-22-36(38)45(37-23-10-12-25-39(37)46)35-26-13-20-31-15-7-8-21-34(31)35/h1-30H. The van der Waals surface area contributed by atoms with E-state index in [1.165, 1.54) is 86.2 Å². The quantitative estimate of drug-likeness (QED) is 0.169. The first kappa shape index (κ1) is 29.3. The second-order valence-electron chi connectivity index (χ2n) is 13.5. The topological polar surface area (TPSA) is 13.1 Å². The predicted octanol–water partition coefficient (Wildman–Crippen LogP) is 14.9. The second kappa shape index (κ2) is 11.5. The highest BCUT2D eigenvalue weighted by Gasteiger charge is 2.24. The summed E-state index contributed by atoms with van der Waals surface area (Å²) in [5.41, 5.74) is 10.5. The maximum atomic E-state index is 6.94. The van der Waals surface area contributed by atoms with Crippen molar-refractivity contribution in [2.45, 2.75) is 0 Å². The molecule has 0 saturated carbocycles. The summed E-state index contributed by atoms with van der Waals surface area (Å²) in [6, 6.07) is 65.9.